The molecule has 5 rings (SSSR count). The fraction of sp³-hybridized carbons (Fsp3) is 0.281. The molecule has 3 aromatic carbocycles. The number of rotatable bonds is 9. The van der Waals surface area contributed by atoms with Crippen LogP contribution in [0.25, 0.3) is 10.9 Å². The number of nitrogens with one attached hydrogen (secondary N) is 2. The van der Waals surface area contributed by atoms with Crippen molar-refractivity contribution in [1.29, 1.82) is 0 Å². The molecule has 0 spiro atoms. The van der Waals surface area contributed by atoms with Crippen LogP contribution >= 0.6 is 0 Å². The third-order valence-electron chi connectivity index (χ3n) is 7.31. The van der Waals surface area contributed by atoms with Gasteiger partial charge in [-0.3, -0.25) is 9.69 Å². The van der Waals surface area contributed by atoms with Gasteiger partial charge >= 0.3 is 0 Å². The molecule has 1 amide bonds. The number of methoxy groups -OCH3 is 1. The predicted molar refractivity (Wildman–Crippen MR) is 161 cm³/mol. The Morgan fingerprint density at radius 3 is 2.65 bits per heavy atom. The third kappa shape index (κ3) is 6.73. The van der Waals surface area contributed by atoms with Gasteiger partial charge in [-0.2, -0.15) is 4.39 Å². The zero-order chi connectivity index (χ0) is 30.7. The van der Waals surface area contributed by atoms with E-state index in [4.69, 9.17) is 9.47 Å². The van der Waals surface area contributed by atoms with Gasteiger partial charge in [0.1, 0.15) is 23.6 Å². The van der Waals surface area contributed by atoms with Gasteiger partial charge in [0.05, 0.1) is 23.9 Å². The summed E-state index contributed by atoms with van der Waals surface area (Å²) in [6, 6.07) is 12.1. The Balaban J connectivity index is 1.45. The Labute approximate surface area is 248 Å². The van der Waals surface area contributed by atoms with Gasteiger partial charge in [0, 0.05) is 34.8 Å². The van der Waals surface area contributed by atoms with Crippen LogP contribution < -0.4 is 20.1 Å². The maximum atomic E-state index is 14.2. The maximum absolute atomic E-state index is 14.2. The third-order valence-corrected chi connectivity index (χ3v) is 7.31. The van der Waals surface area contributed by atoms with E-state index in [0.717, 1.165) is 25.5 Å². The number of hydrogen-bond donors (Lipinski definition) is 3. The second-order valence-corrected chi connectivity index (χ2v) is 10.9. The fourth-order valence-electron chi connectivity index (χ4n) is 5.02. The molecule has 0 aliphatic carbocycles. The Bertz CT molecular complexity index is 1690. The zero-order valence-corrected chi connectivity index (χ0v) is 24.3. The summed E-state index contributed by atoms with van der Waals surface area (Å²) in [5.41, 5.74) is 0.544. The van der Waals surface area contributed by atoms with Crippen molar-refractivity contribution in [1.82, 2.24) is 14.9 Å². The molecule has 1 fully saturated rings. The minimum absolute atomic E-state index is 0.200. The lowest BCUT2D eigenvalue weighted by Crippen LogP contribution is -2.23. The number of hydrogen-bond acceptors (Lipinski definition) is 8. The number of likely N-dealkylation sites (N-methyl/N-ethyl adjacent to an activating group) is 1. The molecule has 1 aliphatic heterocycles. The highest BCUT2D eigenvalue weighted by Crippen LogP contribution is 2.38. The predicted octanol–water partition coefficient (Wildman–Crippen LogP) is 6.27. The Hall–Kier alpha value is -4.61. The summed E-state index contributed by atoms with van der Waals surface area (Å²) in [6.45, 7) is 4.18. The van der Waals surface area contributed by atoms with Crippen LogP contribution in [0.15, 0.2) is 67.0 Å². The molecule has 2 heterocycles. The maximum Gasteiger partial charge on any atom is 0.248 e. The van der Waals surface area contributed by atoms with Gasteiger partial charge in [-0.05, 0) is 76.7 Å². The summed E-state index contributed by atoms with van der Waals surface area (Å²) < 4.78 is 39.0. The first-order valence-electron chi connectivity index (χ1n) is 13.8. The lowest BCUT2D eigenvalue weighted by molar-refractivity contribution is -0.112. The summed E-state index contributed by atoms with van der Waals surface area (Å²) in [5, 5.41) is 17.7. The quantitative estimate of drug-likeness (QED) is 0.196. The number of likely N-dealkylation sites (tertiary alicyclic amines) is 1. The molecule has 0 saturated carbocycles. The van der Waals surface area contributed by atoms with Crippen LogP contribution in [0.5, 0.6) is 17.2 Å². The fourth-order valence-corrected chi connectivity index (χ4v) is 5.02. The largest absolute Gasteiger partial charge is 0.494 e. The van der Waals surface area contributed by atoms with E-state index in [2.05, 4.69) is 25.5 Å². The minimum atomic E-state index is -1.35. The van der Waals surface area contributed by atoms with Crippen LogP contribution in [0.3, 0.4) is 0 Å². The molecule has 224 valence electrons. The molecule has 4 aromatic rings. The number of anilines is 3. The first-order valence-corrected chi connectivity index (χ1v) is 13.8. The van der Waals surface area contributed by atoms with Gasteiger partial charge in [0.2, 0.25) is 11.7 Å². The van der Waals surface area contributed by atoms with Gasteiger partial charge in [0.15, 0.2) is 11.6 Å². The van der Waals surface area contributed by atoms with Gasteiger partial charge in [-0.25, -0.2) is 14.4 Å². The lowest BCUT2D eigenvalue weighted by atomic mass is 9.96. The summed E-state index contributed by atoms with van der Waals surface area (Å²) in [5.74, 6) is -1.68. The Morgan fingerprint density at radius 1 is 1.12 bits per heavy atom. The topological polar surface area (TPSA) is 109 Å². The van der Waals surface area contributed by atoms with E-state index < -0.39 is 17.2 Å². The first-order chi connectivity index (χ1) is 20.5. The molecule has 1 unspecified atom stereocenters. The van der Waals surface area contributed by atoms with Crippen molar-refractivity contribution < 1.29 is 28.2 Å². The first kappa shape index (κ1) is 29.9. The van der Waals surface area contributed by atoms with Gasteiger partial charge in [0.25, 0.3) is 0 Å². The molecule has 9 nitrogen and oxygen atoms in total. The number of halogens is 2. The average Bonchev–Trinajstić information content (AvgIpc) is 3.39. The monoisotopic (exact) mass is 589 g/mol. The van der Waals surface area contributed by atoms with E-state index in [9.17, 15) is 18.7 Å². The molecular weight excluding hydrogens is 556 g/mol. The summed E-state index contributed by atoms with van der Waals surface area (Å²) in [4.78, 5) is 23.8. The second-order valence-electron chi connectivity index (χ2n) is 10.9. The molecular formula is C32H33F2N5O4. The lowest BCUT2D eigenvalue weighted by Gasteiger charge is -2.23. The van der Waals surface area contributed by atoms with E-state index in [0.29, 0.717) is 39.4 Å². The van der Waals surface area contributed by atoms with Crippen LogP contribution in [-0.4, -0.2) is 52.6 Å². The summed E-state index contributed by atoms with van der Waals surface area (Å²) in [6.07, 6.45) is 6.92. The molecule has 1 saturated heterocycles. The highest BCUT2D eigenvalue weighted by atomic mass is 19.2. The summed E-state index contributed by atoms with van der Waals surface area (Å²) in [7, 11) is 3.55. The van der Waals surface area contributed by atoms with Crippen LogP contribution in [-0.2, 0) is 10.4 Å². The zero-order valence-electron chi connectivity index (χ0n) is 24.3. The molecule has 0 bridgehead atoms. The van der Waals surface area contributed by atoms with Gasteiger partial charge in [-0.1, -0.05) is 12.1 Å². The van der Waals surface area contributed by atoms with Gasteiger partial charge < -0.3 is 25.2 Å². The SMILES string of the molecule is COc1cc2ncnc(Nc3ccc(Oc4cccc(F)c4F)cc3C(C)(C)O)c2cc1NC(=O)C=CC1CCCN1C. The molecule has 1 aliphatic rings. The van der Waals surface area contributed by atoms with Crippen molar-refractivity contribution in [2.45, 2.75) is 38.3 Å². The number of amides is 1. The minimum Gasteiger partial charge on any atom is -0.494 e. The summed E-state index contributed by atoms with van der Waals surface area (Å²) >= 11 is 0. The smallest absolute Gasteiger partial charge is 0.248 e. The van der Waals surface area contributed by atoms with E-state index in [1.54, 1.807) is 44.2 Å². The van der Waals surface area contributed by atoms with Crippen LogP contribution in [0.4, 0.5) is 26.0 Å². The molecule has 0 radical (unpaired) electrons. The number of carbonyl (C=O) groups excluding carboxylic acids is 1. The number of nitrogens with zero attached hydrogens (tertiary/aromatic N) is 3. The number of aliphatic hydroxyl groups is 1. The highest BCUT2D eigenvalue weighted by Gasteiger charge is 2.23. The van der Waals surface area contributed by atoms with Crippen molar-refractivity contribution in [2.75, 3.05) is 31.3 Å². The van der Waals surface area contributed by atoms with E-state index in [-0.39, 0.29) is 23.4 Å². The Morgan fingerprint density at radius 2 is 1.93 bits per heavy atom. The molecule has 1 atom stereocenters. The van der Waals surface area contributed by atoms with E-state index in [1.165, 1.54) is 31.6 Å². The van der Waals surface area contributed by atoms with E-state index >= 15 is 0 Å². The van der Waals surface area contributed by atoms with Crippen molar-refractivity contribution in [3.05, 3.63) is 84.2 Å². The molecule has 1 aromatic heterocycles. The highest BCUT2D eigenvalue weighted by molar-refractivity contribution is 6.03. The molecule has 3 N–H and O–H groups in total. The average molecular weight is 590 g/mol. The number of carbonyl (C=O) groups is 1. The normalized spacial score (nSPS) is 15.7. The van der Waals surface area contributed by atoms with Crippen molar-refractivity contribution in [3.63, 3.8) is 0 Å². The second kappa shape index (κ2) is 12.3. The van der Waals surface area contributed by atoms with E-state index in [1.807, 2.05) is 13.1 Å². The van der Waals surface area contributed by atoms with Crippen molar-refractivity contribution >= 4 is 34.0 Å². The number of aromatic nitrogens is 2. The number of fused-ring (bicyclic) bond motifs is 1. The number of benzene rings is 3. The Kier molecular flexibility index (Phi) is 8.56. The van der Waals surface area contributed by atoms with Crippen molar-refractivity contribution in [2.24, 2.45) is 0 Å². The number of ether oxygens (including phenoxy) is 2. The standard InChI is InChI=1S/C32H33F2N5O4/c1-32(2,41)22-15-20(43-27-9-5-8-23(33)30(27)34)11-12-24(22)38-31-21-16-26(28(42-4)17-25(21)35-18-36-31)37-29(40)13-10-19-7-6-14-39(19)3/h5,8-13,15-19,41H,6-7,14H2,1-4H3,(H,37,40)(H,35,36,38). The van der Waals surface area contributed by atoms with Crippen LogP contribution in [0.2, 0.25) is 0 Å². The van der Waals surface area contributed by atoms with Gasteiger partial charge in [-0.15, -0.1) is 0 Å². The van der Waals surface area contributed by atoms with Crippen LogP contribution in [0.1, 0.15) is 32.3 Å². The van der Waals surface area contributed by atoms with Crippen LogP contribution in [0, 0.1) is 11.6 Å². The molecule has 43 heavy (non-hydrogen) atoms. The van der Waals surface area contributed by atoms with Crippen molar-refractivity contribution in [3.8, 4) is 17.2 Å². The molecule has 11 heteroatoms.